The second-order valence-corrected chi connectivity index (χ2v) is 3.02. The van der Waals surface area contributed by atoms with Gasteiger partial charge < -0.3 is 0 Å². The van der Waals surface area contributed by atoms with E-state index in [4.69, 9.17) is 0 Å². The number of nitrogens with zero attached hydrogens (tertiary/aromatic N) is 4. The molecule has 2 aromatic heterocycles. The van der Waals surface area contributed by atoms with Gasteiger partial charge in [0.15, 0.2) is 5.65 Å². The van der Waals surface area contributed by atoms with Gasteiger partial charge in [0.1, 0.15) is 6.33 Å². The zero-order chi connectivity index (χ0) is 10.6. The van der Waals surface area contributed by atoms with Crippen molar-refractivity contribution < 1.29 is 0 Å². The maximum Gasteiger partial charge on any atom is 0.176 e. The molecule has 0 atom stereocenters. The van der Waals surface area contributed by atoms with Gasteiger partial charge in [0, 0.05) is 0 Å². The van der Waals surface area contributed by atoms with Crippen molar-refractivity contribution in [2.75, 3.05) is 0 Å². The summed E-state index contributed by atoms with van der Waals surface area (Å²) >= 11 is 0. The minimum atomic E-state index is 0.429. The van der Waals surface area contributed by atoms with Crippen LogP contribution in [-0.4, -0.2) is 19.8 Å². The highest BCUT2D eigenvalue weighted by Gasteiger charge is 2.02. The second-order valence-electron chi connectivity index (χ2n) is 3.02. The quantitative estimate of drug-likeness (QED) is 0.696. The fourth-order valence-corrected chi connectivity index (χ4v) is 1.04. The zero-order valence-corrected chi connectivity index (χ0v) is 9.10. The Kier molecular flexibility index (Phi) is 3.56. The summed E-state index contributed by atoms with van der Waals surface area (Å²) in [5, 5.41) is 8.23. The smallest absolute Gasteiger partial charge is 0.176 e. The third-order valence-corrected chi connectivity index (χ3v) is 1.76. The summed E-state index contributed by atoms with van der Waals surface area (Å²) < 4.78 is 1.55. The van der Waals surface area contributed by atoms with Crippen LogP contribution in [0.25, 0.3) is 5.65 Å². The van der Waals surface area contributed by atoms with Crippen molar-refractivity contribution in [2.24, 2.45) is 0 Å². The Morgan fingerprint density at radius 2 is 1.93 bits per heavy atom. The van der Waals surface area contributed by atoms with Crippen LogP contribution in [0.2, 0.25) is 0 Å². The highest BCUT2D eigenvalue weighted by Crippen LogP contribution is 2.10. The fraction of sp³-hybridized carbons (Fsp3) is 0.500. The van der Waals surface area contributed by atoms with Crippen LogP contribution in [-0.2, 0) is 0 Å². The summed E-state index contributed by atoms with van der Waals surface area (Å²) in [5.41, 5.74) is 1.83. The predicted molar refractivity (Wildman–Crippen MR) is 56.2 cm³/mol. The van der Waals surface area contributed by atoms with Gasteiger partial charge in [-0.15, -0.1) is 9.73 Å². The van der Waals surface area contributed by atoms with Crippen LogP contribution in [0.1, 0.15) is 39.3 Å². The molecule has 0 fully saturated rings. The third kappa shape index (κ3) is 2.07. The van der Waals surface area contributed by atoms with Crippen LogP contribution in [0.15, 0.2) is 18.5 Å². The van der Waals surface area contributed by atoms with Crippen molar-refractivity contribution in [3.63, 3.8) is 0 Å². The van der Waals surface area contributed by atoms with Gasteiger partial charge in [0.2, 0.25) is 0 Å². The van der Waals surface area contributed by atoms with Crippen LogP contribution in [0.3, 0.4) is 0 Å². The van der Waals surface area contributed by atoms with E-state index in [1.807, 2.05) is 26.0 Å². The molecule has 0 aliphatic heterocycles. The van der Waals surface area contributed by atoms with Gasteiger partial charge in [-0.3, -0.25) is 0 Å². The lowest BCUT2D eigenvalue weighted by Gasteiger charge is -2.01. The minimum absolute atomic E-state index is 0.429. The Bertz CT molecular complexity index is 392. The Labute approximate surface area is 84.0 Å². The van der Waals surface area contributed by atoms with E-state index in [0.29, 0.717) is 5.92 Å². The molecule has 0 saturated carbocycles. The van der Waals surface area contributed by atoms with E-state index in [0.717, 1.165) is 11.3 Å². The highest BCUT2D eigenvalue weighted by atomic mass is 15.4. The monoisotopic (exact) mass is 192 g/mol. The van der Waals surface area contributed by atoms with E-state index in [1.165, 1.54) is 6.33 Å². The van der Waals surface area contributed by atoms with Crippen LogP contribution in [0.5, 0.6) is 0 Å². The van der Waals surface area contributed by atoms with Crippen LogP contribution in [0.4, 0.5) is 0 Å². The number of fused-ring (bicyclic) bond motifs is 1. The molecule has 0 bridgehead atoms. The Balaban J connectivity index is 0.000000461. The zero-order valence-electron chi connectivity index (χ0n) is 9.10. The summed E-state index contributed by atoms with van der Waals surface area (Å²) in [4.78, 5) is 4.01. The van der Waals surface area contributed by atoms with Gasteiger partial charge in [0.05, 0.1) is 5.69 Å². The first kappa shape index (κ1) is 10.6. The fourth-order valence-electron chi connectivity index (χ4n) is 1.04. The molecule has 2 rings (SSSR count). The van der Waals surface area contributed by atoms with Gasteiger partial charge in [-0.25, -0.2) is 4.98 Å². The van der Waals surface area contributed by atoms with E-state index >= 15 is 0 Å². The number of aromatic nitrogens is 4. The van der Waals surface area contributed by atoms with Crippen molar-refractivity contribution in [3.8, 4) is 0 Å². The minimum Gasteiger partial charge on any atom is -0.213 e. The normalized spacial score (nSPS) is 10.1. The summed E-state index contributed by atoms with van der Waals surface area (Å²) in [6.07, 6.45) is 1.51. The maximum atomic E-state index is 4.28. The Morgan fingerprint density at radius 1 is 1.21 bits per heavy atom. The molecule has 0 saturated heterocycles. The lowest BCUT2D eigenvalue weighted by molar-refractivity contribution is 0.715. The largest absolute Gasteiger partial charge is 0.213 e. The Hall–Kier alpha value is -1.45. The van der Waals surface area contributed by atoms with E-state index in [-0.39, 0.29) is 0 Å². The van der Waals surface area contributed by atoms with E-state index in [2.05, 4.69) is 29.0 Å². The summed E-state index contributed by atoms with van der Waals surface area (Å²) in [5.74, 6) is 0.429. The maximum absolute atomic E-state index is 4.28. The summed E-state index contributed by atoms with van der Waals surface area (Å²) in [6, 6.07) is 3.91. The summed E-state index contributed by atoms with van der Waals surface area (Å²) in [6.45, 7) is 8.20. The molecule has 76 valence electrons. The molecule has 0 amide bonds. The predicted octanol–water partition coefficient (Wildman–Crippen LogP) is 2.27. The Morgan fingerprint density at radius 3 is 2.57 bits per heavy atom. The first-order valence-electron chi connectivity index (χ1n) is 4.94. The third-order valence-electron chi connectivity index (χ3n) is 1.76. The van der Waals surface area contributed by atoms with E-state index in [1.54, 1.807) is 4.63 Å². The second kappa shape index (κ2) is 4.69. The molecule has 2 heterocycles. The molecule has 0 unspecified atom stereocenters. The molecule has 0 radical (unpaired) electrons. The average Bonchev–Trinajstić information content (AvgIpc) is 2.67. The van der Waals surface area contributed by atoms with Crippen molar-refractivity contribution in [3.05, 3.63) is 24.2 Å². The van der Waals surface area contributed by atoms with E-state index < -0.39 is 0 Å². The van der Waals surface area contributed by atoms with Crippen LogP contribution < -0.4 is 0 Å². The number of rotatable bonds is 1. The van der Waals surface area contributed by atoms with E-state index in [9.17, 15) is 0 Å². The molecule has 14 heavy (non-hydrogen) atoms. The molecule has 0 aliphatic rings. The molecule has 0 aliphatic carbocycles. The molecule has 0 N–H and O–H groups in total. The molecular formula is C10H16N4. The lowest BCUT2D eigenvalue weighted by atomic mass is 10.1. The lowest BCUT2D eigenvalue weighted by Crippen LogP contribution is -2.00. The molecule has 0 aromatic carbocycles. The van der Waals surface area contributed by atoms with Crippen molar-refractivity contribution >= 4 is 5.65 Å². The van der Waals surface area contributed by atoms with Crippen LogP contribution in [0, 0.1) is 0 Å². The standard InChI is InChI=1S/C8H10N4.C2H6/c1-6(2)7-3-4-8-9-5-10-12(8)11-7;1-2/h3-6H,1-2H3;1-2H3. The number of hydrogen-bond acceptors (Lipinski definition) is 3. The average molecular weight is 192 g/mol. The van der Waals surface area contributed by atoms with Crippen molar-refractivity contribution in [2.45, 2.75) is 33.6 Å². The molecular weight excluding hydrogens is 176 g/mol. The molecule has 4 heteroatoms. The summed E-state index contributed by atoms with van der Waals surface area (Å²) in [7, 11) is 0. The van der Waals surface area contributed by atoms with Crippen molar-refractivity contribution in [1.29, 1.82) is 0 Å². The van der Waals surface area contributed by atoms with Crippen molar-refractivity contribution in [1.82, 2.24) is 19.8 Å². The van der Waals surface area contributed by atoms with Crippen LogP contribution >= 0.6 is 0 Å². The SMILES string of the molecule is CC.CC(C)c1ccc2ncnn2n1. The topological polar surface area (TPSA) is 43.1 Å². The molecule has 2 aromatic rings. The van der Waals surface area contributed by atoms with Gasteiger partial charge in [0.25, 0.3) is 0 Å². The first-order valence-corrected chi connectivity index (χ1v) is 4.94. The van der Waals surface area contributed by atoms with Gasteiger partial charge in [-0.1, -0.05) is 27.7 Å². The van der Waals surface area contributed by atoms with Gasteiger partial charge in [-0.2, -0.15) is 5.10 Å². The highest BCUT2D eigenvalue weighted by molar-refractivity contribution is 5.34. The number of hydrogen-bond donors (Lipinski definition) is 0. The van der Waals surface area contributed by atoms with Gasteiger partial charge >= 0.3 is 0 Å². The van der Waals surface area contributed by atoms with Gasteiger partial charge in [-0.05, 0) is 18.1 Å². The first-order chi connectivity index (χ1) is 6.77. The molecule has 4 nitrogen and oxygen atoms in total. The molecule has 0 spiro atoms.